The summed E-state index contributed by atoms with van der Waals surface area (Å²) >= 11 is 5.88. The molecule has 0 amide bonds. The molecule has 2 rings (SSSR count). The molecule has 5 heteroatoms. The van der Waals surface area contributed by atoms with Crippen LogP contribution in [0.2, 0.25) is 0 Å². The van der Waals surface area contributed by atoms with Crippen molar-refractivity contribution in [3.63, 3.8) is 0 Å². The summed E-state index contributed by atoms with van der Waals surface area (Å²) in [7, 11) is -3.42. The van der Waals surface area contributed by atoms with E-state index >= 15 is 0 Å². The lowest BCUT2D eigenvalue weighted by molar-refractivity contribution is 0.218. The van der Waals surface area contributed by atoms with E-state index in [9.17, 15) is 8.42 Å². The Hall–Kier alpha value is -0.580. The third-order valence-electron chi connectivity index (χ3n) is 4.13. The number of piperidine rings is 1. The fraction of sp³-hybridized carbons (Fsp3) is 0.600. The summed E-state index contributed by atoms with van der Waals surface area (Å²) in [6, 6.07) is 5.30. The summed E-state index contributed by atoms with van der Waals surface area (Å²) in [5.74, 6) is 0.750. The van der Waals surface area contributed by atoms with Gasteiger partial charge in [0, 0.05) is 18.5 Å². The molecule has 20 heavy (non-hydrogen) atoms. The van der Waals surface area contributed by atoms with Gasteiger partial charge in [-0.3, -0.25) is 0 Å². The molecule has 3 nitrogen and oxygen atoms in total. The van der Waals surface area contributed by atoms with E-state index in [2.05, 4.69) is 6.92 Å². The van der Waals surface area contributed by atoms with E-state index in [1.165, 1.54) is 0 Å². The van der Waals surface area contributed by atoms with Gasteiger partial charge in [0.2, 0.25) is 10.0 Å². The Labute approximate surface area is 127 Å². The second-order valence-electron chi connectivity index (χ2n) is 5.83. The van der Waals surface area contributed by atoms with E-state index in [1.54, 1.807) is 16.4 Å². The van der Waals surface area contributed by atoms with Gasteiger partial charge in [-0.1, -0.05) is 13.0 Å². The molecule has 0 aliphatic carbocycles. The first-order chi connectivity index (χ1) is 9.36. The Morgan fingerprint density at radius 2 is 2.00 bits per heavy atom. The molecule has 1 aromatic carbocycles. The molecule has 1 aliphatic heterocycles. The summed E-state index contributed by atoms with van der Waals surface area (Å²) in [6.07, 6.45) is 2.02. The van der Waals surface area contributed by atoms with Gasteiger partial charge in [-0.25, -0.2) is 8.42 Å². The molecule has 2 atom stereocenters. The average Bonchev–Trinajstić information content (AvgIpc) is 2.41. The highest BCUT2D eigenvalue weighted by Gasteiger charge is 2.33. The Bertz CT molecular complexity index is 586. The van der Waals surface area contributed by atoms with Crippen LogP contribution in [0.25, 0.3) is 0 Å². The van der Waals surface area contributed by atoms with Crippen LogP contribution < -0.4 is 0 Å². The van der Waals surface area contributed by atoms with Gasteiger partial charge in [0.1, 0.15) is 0 Å². The summed E-state index contributed by atoms with van der Waals surface area (Å²) in [5.41, 5.74) is 1.91. The zero-order chi connectivity index (χ0) is 14.9. The van der Waals surface area contributed by atoms with Gasteiger partial charge in [0.25, 0.3) is 0 Å². The molecule has 2 unspecified atom stereocenters. The van der Waals surface area contributed by atoms with Crippen LogP contribution in [0.3, 0.4) is 0 Å². The van der Waals surface area contributed by atoms with Crippen LogP contribution in [0.4, 0.5) is 0 Å². The first-order valence-electron chi connectivity index (χ1n) is 7.03. The first kappa shape index (κ1) is 15.8. The van der Waals surface area contributed by atoms with Crippen LogP contribution in [0.5, 0.6) is 0 Å². The Morgan fingerprint density at radius 1 is 1.30 bits per heavy atom. The molecule has 1 heterocycles. The summed E-state index contributed by atoms with van der Waals surface area (Å²) in [5, 5.41) is 0. The van der Waals surface area contributed by atoms with Crippen LogP contribution in [0.1, 0.15) is 37.8 Å². The SMILES string of the molecule is Cc1ccc(S(=O)(=O)N2CC(C)CCC2C)cc1CCl. The van der Waals surface area contributed by atoms with Crippen LogP contribution in [0, 0.1) is 12.8 Å². The molecule has 1 fully saturated rings. The molecule has 1 saturated heterocycles. The number of hydrogen-bond acceptors (Lipinski definition) is 2. The average molecular weight is 316 g/mol. The Kier molecular flexibility index (Phi) is 4.77. The van der Waals surface area contributed by atoms with E-state index in [0.717, 1.165) is 24.0 Å². The zero-order valence-corrected chi connectivity index (χ0v) is 13.8. The van der Waals surface area contributed by atoms with Crippen molar-refractivity contribution in [3.05, 3.63) is 29.3 Å². The van der Waals surface area contributed by atoms with Gasteiger partial charge in [-0.15, -0.1) is 11.6 Å². The van der Waals surface area contributed by atoms with Crippen molar-refractivity contribution in [1.29, 1.82) is 0 Å². The van der Waals surface area contributed by atoms with Crippen molar-refractivity contribution >= 4 is 21.6 Å². The highest BCUT2D eigenvalue weighted by Crippen LogP contribution is 2.28. The van der Waals surface area contributed by atoms with Crippen molar-refractivity contribution in [1.82, 2.24) is 4.31 Å². The minimum atomic E-state index is -3.42. The Balaban J connectivity index is 2.39. The predicted molar refractivity (Wildman–Crippen MR) is 82.5 cm³/mol. The van der Waals surface area contributed by atoms with E-state index in [4.69, 9.17) is 11.6 Å². The topological polar surface area (TPSA) is 37.4 Å². The molecule has 112 valence electrons. The number of hydrogen-bond donors (Lipinski definition) is 0. The van der Waals surface area contributed by atoms with E-state index in [0.29, 0.717) is 23.2 Å². The van der Waals surface area contributed by atoms with Crippen molar-refractivity contribution < 1.29 is 8.42 Å². The lowest BCUT2D eigenvalue weighted by atomic mass is 9.97. The monoisotopic (exact) mass is 315 g/mol. The van der Waals surface area contributed by atoms with Gasteiger partial charge >= 0.3 is 0 Å². The van der Waals surface area contributed by atoms with Crippen molar-refractivity contribution in [2.45, 2.75) is 50.4 Å². The number of aryl methyl sites for hydroxylation is 1. The summed E-state index contributed by atoms with van der Waals surface area (Å²) in [6.45, 7) is 6.64. The molecule has 0 spiro atoms. The predicted octanol–water partition coefficient (Wildman–Crippen LogP) is 3.54. The lowest BCUT2D eigenvalue weighted by Crippen LogP contribution is -2.44. The second-order valence-corrected chi connectivity index (χ2v) is 7.99. The van der Waals surface area contributed by atoms with E-state index in [-0.39, 0.29) is 6.04 Å². The fourth-order valence-corrected chi connectivity index (χ4v) is 4.79. The summed E-state index contributed by atoms with van der Waals surface area (Å²) in [4.78, 5) is 0.361. The maximum Gasteiger partial charge on any atom is 0.243 e. The number of halogens is 1. The zero-order valence-electron chi connectivity index (χ0n) is 12.3. The molecular weight excluding hydrogens is 294 g/mol. The van der Waals surface area contributed by atoms with E-state index in [1.807, 2.05) is 19.9 Å². The van der Waals surface area contributed by atoms with Crippen LogP contribution in [-0.4, -0.2) is 25.3 Å². The molecular formula is C15H22ClNO2S. The van der Waals surface area contributed by atoms with Gasteiger partial charge < -0.3 is 0 Å². The van der Waals surface area contributed by atoms with E-state index < -0.39 is 10.0 Å². The molecule has 1 aromatic rings. The number of alkyl halides is 1. The van der Waals surface area contributed by atoms with Gasteiger partial charge in [0.05, 0.1) is 4.90 Å². The first-order valence-corrected chi connectivity index (χ1v) is 9.01. The summed E-state index contributed by atoms with van der Waals surface area (Å²) < 4.78 is 27.3. The third-order valence-corrected chi connectivity index (χ3v) is 6.40. The maximum absolute atomic E-state index is 12.8. The molecule has 0 radical (unpaired) electrons. The van der Waals surface area contributed by atoms with Crippen molar-refractivity contribution in [3.8, 4) is 0 Å². The third kappa shape index (κ3) is 3.02. The van der Waals surface area contributed by atoms with Crippen LogP contribution in [-0.2, 0) is 15.9 Å². The fourth-order valence-electron chi connectivity index (χ4n) is 2.67. The largest absolute Gasteiger partial charge is 0.243 e. The Morgan fingerprint density at radius 3 is 2.65 bits per heavy atom. The van der Waals surface area contributed by atoms with Crippen LogP contribution >= 0.6 is 11.6 Å². The number of sulfonamides is 1. The standard InChI is InChI=1S/C15H22ClNO2S/c1-11-4-6-13(3)17(10-11)20(18,19)15-7-5-12(2)14(8-15)9-16/h5,7-8,11,13H,4,6,9-10H2,1-3H3. The number of benzene rings is 1. The highest BCUT2D eigenvalue weighted by molar-refractivity contribution is 7.89. The molecule has 0 aromatic heterocycles. The molecule has 0 saturated carbocycles. The quantitative estimate of drug-likeness (QED) is 0.800. The molecule has 0 N–H and O–H groups in total. The highest BCUT2D eigenvalue weighted by atomic mass is 35.5. The van der Waals surface area contributed by atoms with Crippen molar-refractivity contribution in [2.24, 2.45) is 5.92 Å². The lowest BCUT2D eigenvalue weighted by Gasteiger charge is -2.35. The number of nitrogens with zero attached hydrogens (tertiary/aromatic N) is 1. The normalized spacial score (nSPS) is 24.8. The van der Waals surface area contributed by atoms with Crippen LogP contribution in [0.15, 0.2) is 23.1 Å². The molecule has 0 bridgehead atoms. The molecule has 1 aliphatic rings. The number of rotatable bonds is 3. The van der Waals surface area contributed by atoms with Gasteiger partial charge in [-0.05, 0) is 55.9 Å². The maximum atomic E-state index is 12.8. The van der Waals surface area contributed by atoms with Crippen molar-refractivity contribution in [2.75, 3.05) is 6.54 Å². The minimum Gasteiger partial charge on any atom is -0.207 e. The smallest absolute Gasteiger partial charge is 0.207 e. The minimum absolute atomic E-state index is 0.0666. The van der Waals surface area contributed by atoms with Gasteiger partial charge in [-0.2, -0.15) is 4.31 Å². The van der Waals surface area contributed by atoms with Gasteiger partial charge in [0.15, 0.2) is 0 Å². The second kappa shape index (κ2) is 6.04.